The smallest absolute Gasteiger partial charge is 0.319 e. The first-order chi connectivity index (χ1) is 15.5. The van der Waals surface area contributed by atoms with E-state index in [0.717, 1.165) is 5.56 Å². The van der Waals surface area contributed by atoms with Crippen molar-refractivity contribution in [2.24, 2.45) is 11.7 Å². The van der Waals surface area contributed by atoms with Crippen molar-refractivity contribution in [1.29, 1.82) is 0 Å². The Morgan fingerprint density at radius 2 is 1.94 bits per heavy atom. The lowest BCUT2D eigenvalue weighted by Crippen LogP contribution is -2.44. The van der Waals surface area contributed by atoms with Crippen molar-refractivity contribution >= 4 is 29.4 Å². The summed E-state index contributed by atoms with van der Waals surface area (Å²) >= 11 is 0. The number of benzene rings is 1. The van der Waals surface area contributed by atoms with E-state index in [1.54, 1.807) is 32.9 Å². The van der Waals surface area contributed by atoms with Gasteiger partial charge in [0.15, 0.2) is 0 Å². The van der Waals surface area contributed by atoms with Crippen LogP contribution in [0.2, 0.25) is 0 Å². The number of carbonyl (C=O) groups is 4. The number of hydrogen-bond donors (Lipinski definition) is 1. The summed E-state index contributed by atoms with van der Waals surface area (Å²) in [6, 6.07) is 5.41. The molecule has 1 unspecified atom stereocenters. The Hall–Kier alpha value is -3.10. The zero-order chi connectivity index (χ0) is 24.8. The number of anilines is 1. The molecule has 1 heterocycles. The molecule has 0 spiro atoms. The Morgan fingerprint density at radius 1 is 1.24 bits per heavy atom. The third-order valence-electron chi connectivity index (χ3n) is 5.28. The first-order valence-electron chi connectivity index (χ1n) is 11.2. The quantitative estimate of drug-likeness (QED) is 0.444. The fourth-order valence-electron chi connectivity index (χ4n) is 3.80. The van der Waals surface area contributed by atoms with Gasteiger partial charge in [-0.15, -0.1) is 0 Å². The van der Waals surface area contributed by atoms with Crippen molar-refractivity contribution in [1.82, 2.24) is 4.90 Å². The number of methoxy groups -OCH3 is 1. The molecular weight excluding hydrogens is 426 g/mol. The standard InChI is InChI=1S/C24H35N3O6/c1-6-12-26(15-20(25)28)21(29)11-13-27-19-14-17(32-5)9-7-16(19)8-10-18(22(27)30)23(31)33-24(2,3)4/h7,9,14,18H,6,8,10-13,15H2,1-5H3,(H2,25,28). The number of aryl methyl sites for hydroxylation is 1. The lowest BCUT2D eigenvalue weighted by Gasteiger charge is -2.28. The first kappa shape index (κ1) is 26.2. The highest BCUT2D eigenvalue weighted by atomic mass is 16.6. The SMILES string of the molecule is CCCN(CC(N)=O)C(=O)CCN1C(=O)C(C(=O)OC(C)(C)C)CCc2ccc(OC)cc21. The highest BCUT2D eigenvalue weighted by Gasteiger charge is 2.38. The van der Waals surface area contributed by atoms with Gasteiger partial charge in [0.25, 0.3) is 0 Å². The van der Waals surface area contributed by atoms with Gasteiger partial charge in [-0.25, -0.2) is 0 Å². The van der Waals surface area contributed by atoms with Crippen LogP contribution >= 0.6 is 0 Å². The predicted molar refractivity (Wildman–Crippen MR) is 124 cm³/mol. The number of rotatable bonds is 9. The van der Waals surface area contributed by atoms with Crippen LogP contribution < -0.4 is 15.4 Å². The second-order valence-corrected chi connectivity index (χ2v) is 9.14. The third-order valence-corrected chi connectivity index (χ3v) is 5.28. The van der Waals surface area contributed by atoms with Gasteiger partial charge in [0.2, 0.25) is 17.7 Å². The van der Waals surface area contributed by atoms with Crippen molar-refractivity contribution in [3.63, 3.8) is 0 Å². The summed E-state index contributed by atoms with van der Waals surface area (Å²) in [7, 11) is 1.53. The van der Waals surface area contributed by atoms with Crippen LogP contribution in [-0.4, -0.2) is 60.9 Å². The Labute approximate surface area is 195 Å². The third kappa shape index (κ3) is 7.20. The van der Waals surface area contributed by atoms with E-state index in [2.05, 4.69) is 0 Å². The molecule has 0 aromatic heterocycles. The van der Waals surface area contributed by atoms with E-state index in [1.807, 2.05) is 13.0 Å². The normalized spacial score (nSPS) is 16.0. The van der Waals surface area contributed by atoms with E-state index in [0.29, 0.717) is 37.2 Å². The molecule has 1 aliphatic rings. The average Bonchev–Trinajstić information content (AvgIpc) is 2.85. The van der Waals surface area contributed by atoms with Crippen LogP contribution in [0.1, 0.15) is 52.5 Å². The van der Waals surface area contributed by atoms with E-state index in [4.69, 9.17) is 15.2 Å². The Bertz CT molecular complexity index is 893. The van der Waals surface area contributed by atoms with Gasteiger partial charge < -0.3 is 25.0 Å². The second kappa shape index (κ2) is 11.2. The van der Waals surface area contributed by atoms with Crippen molar-refractivity contribution < 1.29 is 28.7 Å². The fraction of sp³-hybridized carbons (Fsp3) is 0.583. The van der Waals surface area contributed by atoms with E-state index < -0.39 is 29.3 Å². The molecule has 1 atom stereocenters. The maximum absolute atomic E-state index is 13.5. The van der Waals surface area contributed by atoms with Crippen molar-refractivity contribution in [3.05, 3.63) is 23.8 Å². The molecule has 182 valence electrons. The summed E-state index contributed by atoms with van der Waals surface area (Å²) in [6.07, 6.45) is 1.46. The lowest BCUT2D eigenvalue weighted by atomic mass is 10.00. The molecule has 0 bridgehead atoms. The van der Waals surface area contributed by atoms with E-state index >= 15 is 0 Å². The van der Waals surface area contributed by atoms with Crippen LogP contribution in [0.15, 0.2) is 18.2 Å². The molecule has 9 heteroatoms. The molecule has 3 amide bonds. The van der Waals surface area contributed by atoms with Crippen LogP contribution in [0.25, 0.3) is 0 Å². The largest absolute Gasteiger partial charge is 0.497 e. The zero-order valence-electron chi connectivity index (χ0n) is 20.2. The Morgan fingerprint density at radius 3 is 2.52 bits per heavy atom. The van der Waals surface area contributed by atoms with Gasteiger partial charge in [0.1, 0.15) is 17.3 Å². The van der Waals surface area contributed by atoms with Crippen LogP contribution in [0.4, 0.5) is 5.69 Å². The summed E-state index contributed by atoms with van der Waals surface area (Å²) < 4.78 is 10.8. The van der Waals surface area contributed by atoms with Crippen LogP contribution in [0.5, 0.6) is 5.75 Å². The van der Waals surface area contributed by atoms with E-state index in [9.17, 15) is 19.2 Å². The number of nitrogens with two attached hydrogens (primary N) is 1. The van der Waals surface area contributed by atoms with Gasteiger partial charge in [-0.05, 0) is 51.7 Å². The molecule has 0 saturated heterocycles. The van der Waals surface area contributed by atoms with Crippen LogP contribution in [-0.2, 0) is 30.3 Å². The summed E-state index contributed by atoms with van der Waals surface area (Å²) in [5, 5.41) is 0. The van der Waals surface area contributed by atoms with E-state index in [-0.39, 0.29) is 25.4 Å². The summed E-state index contributed by atoms with van der Waals surface area (Å²) in [4.78, 5) is 53.4. The molecule has 33 heavy (non-hydrogen) atoms. The molecule has 9 nitrogen and oxygen atoms in total. The Balaban J connectivity index is 2.33. The van der Waals surface area contributed by atoms with Gasteiger partial charge in [0, 0.05) is 25.6 Å². The van der Waals surface area contributed by atoms with E-state index in [1.165, 1.54) is 16.9 Å². The summed E-state index contributed by atoms with van der Waals surface area (Å²) in [5.74, 6) is -2.29. The van der Waals surface area contributed by atoms with Crippen molar-refractivity contribution in [2.45, 2.75) is 59.0 Å². The number of nitrogens with zero attached hydrogens (tertiary/aromatic N) is 2. The predicted octanol–water partition coefficient (Wildman–Crippen LogP) is 2.05. The molecule has 2 rings (SSSR count). The molecule has 1 aliphatic heterocycles. The maximum Gasteiger partial charge on any atom is 0.319 e. The molecular formula is C24H35N3O6. The highest BCUT2D eigenvalue weighted by Crippen LogP contribution is 2.33. The number of fused-ring (bicyclic) bond motifs is 1. The molecule has 1 aromatic rings. The van der Waals surface area contributed by atoms with Crippen LogP contribution in [0, 0.1) is 5.92 Å². The molecule has 0 saturated carbocycles. The topological polar surface area (TPSA) is 119 Å². The summed E-state index contributed by atoms with van der Waals surface area (Å²) in [5.41, 5.74) is 6.04. The van der Waals surface area contributed by atoms with Gasteiger partial charge in [-0.2, -0.15) is 0 Å². The average molecular weight is 462 g/mol. The lowest BCUT2D eigenvalue weighted by molar-refractivity contribution is -0.162. The minimum Gasteiger partial charge on any atom is -0.497 e. The molecule has 0 fully saturated rings. The van der Waals surface area contributed by atoms with Gasteiger partial charge >= 0.3 is 5.97 Å². The van der Waals surface area contributed by atoms with Crippen LogP contribution in [0.3, 0.4) is 0 Å². The Kier molecular flexibility index (Phi) is 8.84. The van der Waals surface area contributed by atoms with Gasteiger partial charge in [0.05, 0.1) is 19.3 Å². The molecule has 2 N–H and O–H groups in total. The monoisotopic (exact) mass is 461 g/mol. The minimum atomic E-state index is -0.977. The number of esters is 1. The van der Waals surface area contributed by atoms with Gasteiger partial charge in [-0.3, -0.25) is 19.2 Å². The van der Waals surface area contributed by atoms with Crippen molar-refractivity contribution in [2.75, 3.05) is 31.6 Å². The number of carbonyl (C=O) groups excluding carboxylic acids is 4. The number of ether oxygens (including phenoxy) is 2. The second-order valence-electron chi connectivity index (χ2n) is 9.14. The van der Waals surface area contributed by atoms with Gasteiger partial charge in [-0.1, -0.05) is 13.0 Å². The number of primary amides is 1. The number of hydrogen-bond acceptors (Lipinski definition) is 6. The first-order valence-corrected chi connectivity index (χ1v) is 11.2. The fourth-order valence-corrected chi connectivity index (χ4v) is 3.80. The molecule has 0 radical (unpaired) electrons. The zero-order valence-corrected chi connectivity index (χ0v) is 20.2. The van der Waals surface area contributed by atoms with Crippen molar-refractivity contribution in [3.8, 4) is 5.75 Å². The molecule has 0 aliphatic carbocycles. The summed E-state index contributed by atoms with van der Waals surface area (Å²) in [6.45, 7) is 7.42. The highest BCUT2D eigenvalue weighted by molar-refractivity contribution is 6.07. The number of amides is 3. The minimum absolute atomic E-state index is 0.0172. The molecule has 1 aromatic carbocycles. The maximum atomic E-state index is 13.5.